The molecule has 6 heteroatoms. The molecule has 5 nitrogen and oxygen atoms in total. The van der Waals surface area contributed by atoms with Crippen molar-refractivity contribution in [2.45, 2.75) is 39.3 Å². The van der Waals surface area contributed by atoms with E-state index in [1.54, 1.807) is 0 Å². The van der Waals surface area contributed by atoms with E-state index >= 15 is 0 Å². The van der Waals surface area contributed by atoms with Gasteiger partial charge < -0.3 is 4.90 Å². The van der Waals surface area contributed by atoms with Gasteiger partial charge >= 0.3 is 0 Å². The fourth-order valence-corrected chi connectivity index (χ4v) is 3.28. The Morgan fingerprint density at radius 1 is 1.43 bits per heavy atom. The lowest BCUT2D eigenvalue weighted by Gasteiger charge is -2.27. The Kier molecular flexibility index (Phi) is 4.15. The molecule has 0 radical (unpaired) electrons. The van der Waals surface area contributed by atoms with Crippen LogP contribution in [0.5, 0.6) is 0 Å². The highest BCUT2D eigenvalue weighted by molar-refractivity contribution is 5.79. The van der Waals surface area contributed by atoms with Crippen LogP contribution in [0, 0.1) is 11.7 Å². The second kappa shape index (κ2) is 6.10. The smallest absolute Gasteiger partial charge is 0.261 e. The van der Waals surface area contributed by atoms with Crippen LogP contribution in [0.4, 0.5) is 4.39 Å². The zero-order valence-electron chi connectivity index (χ0n) is 13.3. The molecule has 3 rings (SSSR count). The van der Waals surface area contributed by atoms with E-state index in [2.05, 4.69) is 18.8 Å². The Morgan fingerprint density at radius 3 is 2.96 bits per heavy atom. The van der Waals surface area contributed by atoms with Gasteiger partial charge in [-0.1, -0.05) is 13.8 Å². The van der Waals surface area contributed by atoms with Crippen molar-refractivity contribution >= 4 is 16.8 Å². The average molecular weight is 317 g/mol. The molecule has 1 aromatic heterocycles. The van der Waals surface area contributed by atoms with Gasteiger partial charge in [0.05, 0.1) is 17.2 Å². The largest absolute Gasteiger partial charge is 0.338 e. The first-order chi connectivity index (χ1) is 11.0. The summed E-state index contributed by atoms with van der Waals surface area (Å²) in [5.74, 6) is -0.178. The molecule has 1 aliphatic rings. The van der Waals surface area contributed by atoms with Crippen LogP contribution >= 0.6 is 0 Å². The predicted octanol–water partition coefficient (Wildman–Crippen LogP) is 2.18. The monoisotopic (exact) mass is 317 g/mol. The molecule has 2 heterocycles. The third-order valence-corrected chi connectivity index (χ3v) is 4.48. The summed E-state index contributed by atoms with van der Waals surface area (Å²) in [6, 6.07) is 4.12. The minimum absolute atomic E-state index is 0.0541. The maximum Gasteiger partial charge on any atom is 0.261 e. The summed E-state index contributed by atoms with van der Waals surface area (Å²) in [6.45, 7) is 4.87. The average Bonchev–Trinajstić information content (AvgIpc) is 3.00. The van der Waals surface area contributed by atoms with E-state index in [1.807, 2.05) is 4.90 Å². The van der Waals surface area contributed by atoms with E-state index < -0.39 is 5.82 Å². The van der Waals surface area contributed by atoms with Gasteiger partial charge in [0, 0.05) is 12.6 Å². The number of hydrogen-bond donors (Lipinski definition) is 0. The van der Waals surface area contributed by atoms with E-state index in [1.165, 1.54) is 29.1 Å². The summed E-state index contributed by atoms with van der Waals surface area (Å²) in [5.41, 5.74) is 0.0458. The minimum Gasteiger partial charge on any atom is -0.338 e. The van der Waals surface area contributed by atoms with Crippen LogP contribution in [0.15, 0.2) is 29.3 Å². The van der Waals surface area contributed by atoms with Crippen molar-refractivity contribution in [3.63, 3.8) is 0 Å². The summed E-state index contributed by atoms with van der Waals surface area (Å²) in [4.78, 5) is 31.0. The Bertz CT molecular complexity index is 800. The van der Waals surface area contributed by atoms with Gasteiger partial charge in [0.2, 0.25) is 5.91 Å². The van der Waals surface area contributed by atoms with Gasteiger partial charge in [0.15, 0.2) is 0 Å². The predicted molar refractivity (Wildman–Crippen MR) is 85.5 cm³/mol. The second-order valence-corrected chi connectivity index (χ2v) is 6.38. The molecule has 2 aromatic rings. The Morgan fingerprint density at radius 2 is 2.22 bits per heavy atom. The van der Waals surface area contributed by atoms with Gasteiger partial charge in [-0.15, -0.1) is 0 Å². The Balaban J connectivity index is 1.88. The molecule has 1 aliphatic heterocycles. The van der Waals surface area contributed by atoms with Crippen molar-refractivity contribution in [1.29, 1.82) is 0 Å². The highest BCUT2D eigenvalue weighted by atomic mass is 19.1. The molecule has 23 heavy (non-hydrogen) atoms. The van der Waals surface area contributed by atoms with E-state index in [0.29, 0.717) is 11.4 Å². The van der Waals surface area contributed by atoms with Crippen LogP contribution in [-0.4, -0.2) is 32.9 Å². The van der Waals surface area contributed by atoms with Crippen molar-refractivity contribution in [1.82, 2.24) is 14.5 Å². The Labute approximate surface area is 133 Å². The van der Waals surface area contributed by atoms with Crippen LogP contribution in [0.1, 0.15) is 26.7 Å². The van der Waals surface area contributed by atoms with Crippen molar-refractivity contribution in [2.24, 2.45) is 5.92 Å². The molecule has 1 aromatic carbocycles. The number of amides is 1. The van der Waals surface area contributed by atoms with E-state index in [0.717, 1.165) is 19.4 Å². The standard InChI is InChI=1S/C17H20FN3O2/c1-11(2)15-4-3-7-21(15)16(22)9-20-10-19-14-6-5-12(18)8-13(14)17(20)23/h5-6,8,10-11,15H,3-4,7,9H2,1-2H3/t15-/m0/s1. The number of likely N-dealkylation sites (tertiary alicyclic amines) is 1. The summed E-state index contributed by atoms with van der Waals surface area (Å²) >= 11 is 0. The quantitative estimate of drug-likeness (QED) is 0.872. The first-order valence-corrected chi connectivity index (χ1v) is 7.91. The molecule has 1 fully saturated rings. The van der Waals surface area contributed by atoms with Gasteiger partial charge in [-0.05, 0) is 37.0 Å². The molecule has 1 atom stereocenters. The van der Waals surface area contributed by atoms with Crippen molar-refractivity contribution in [2.75, 3.05) is 6.54 Å². The van der Waals surface area contributed by atoms with Crippen LogP contribution < -0.4 is 5.56 Å². The number of nitrogens with zero attached hydrogens (tertiary/aromatic N) is 3. The highest BCUT2D eigenvalue weighted by Crippen LogP contribution is 2.23. The SMILES string of the molecule is CC(C)[C@@H]1CCCN1C(=O)Cn1cnc2ccc(F)cc2c1=O. The number of fused-ring (bicyclic) bond motifs is 1. The summed E-state index contributed by atoms with van der Waals surface area (Å²) < 4.78 is 14.6. The zero-order chi connectivity index (χ0) is 16.6. The topological polar surface area (TPSA) is 55.2 Å². The van der Waals surface area contributed by atoms with Crippen LogP contribution in [0.25, 0.3) is 10.9 Å². The molecule has 0 bridgehead atoms. The maximum atomic E-state index is 13.3. The number of benzene rings is 1. The molecular weight excluding hydrogens is 297 g/mol. The number of hydrogen-bond acceptors (Lipinski definition) is 3. The molecule has 0 unspecified atom stereocenters. The maximum absolute atomic E-state index is 13.3. The summed E-state index contributed by atoms with van der Waals surface area (Å²) in [7, 11) is 0. The zero-order valence-corrected chi connectivity index (χ0v) is 13.3. The molecular formula is C17H20FN3O2. The van der Waals surface area contributed by atoms with Crippen LogP contribution in [0.3, 0.4) is 0 Å². The molecule has 122 valence electrons. The lowest BCUT2D eigenvalue weighted by Crippen LogP contribution is -2.41. The summed E-state index contributed by atoms with van der Waals surface area (Å²) in [5, 5.41) is 0.196. The number of rotatable bonds is 3. The molecule has 0 saturated carbocycles. The minimum atomic E-state index is -0.486. The van der Waals surface area contributed by atoms with E-state index in [4.69, 9.17) is 0 Å². The van der Waals surface area contributed by atoms with Crippen LogP contribution in [-0.2, 0) is 11.3 Å². The third kappa shape index (κ3) is 2.98. The fraction of sp³-hybridized carbons (Fsp3) is 0.471. The molecule has 1 amide bonds. The second-order valence-electron chi connectivity index (χ2n) is 6.38. The third-order valence-electron chi connectivity index (χ3n) is 4.48. The van der Waals surface area contributed by atoms with Gasteiger partial charge in [0.1, 0.15) is 12.4 Å². The van der Waals surface area contributed by atoms with Gasteiger partial charge in [-0.25, -0.2) is 9.37 Å². The first-order valence-electron chi connectivity index (χ1n) is 7.91. The van der Waals surface area contributed by atoms with Gasteiger partial charge in [0.25, 0.3) is 5.56 Å². The molecule has 0 spiro atoms. The highest BCUT2D eigenvalue weighted by Gasteiger charge is 2.30. The van der Waals surface area contributed by atoms with Gasteiger partial charge in [-0.3, -0.25) is 14.2 Å². The number of aromatic nitrogens is 2. The molecule has 0 N–H and O–H groups in total. The fourth-order valence-electron chi connectivity index (χ4n) is 3.28. The number of carbonyl (C=O) groups excluding carboxylic acids is 1. The lowest BCUT2D eigenvalue weighted by molar-refractivity contribution is -0.133. The van der Waals surface area contributed by atoms with Crippen LogP contribution in [0.2, 0.25) is 0 Å². The summed E-state index contributed by atoms with van der Waals surface area (Å²) in [6.07, 6.45) is 3.35. The van der Waals surface area contributed by atoms with Crippen molar-refractivity contribution < 1.29 is 9.18 Å². The number of carbonyl (C=O) groups is 1. The molecule has 0 aliphatic carbocycles. The van der Waals surface area contributed by atoms with Crippen molar-refractivity contribution in [3.8, 4) is 0 Å². The lowest BCUT2D eigenvalue weighted by atomic mass is 10.0. The number of halogens is 1. The molecule has 1 saturated heterocycles. The van der Waals surface area contributed by atoms with E-state index in [-0.39, 0.29) is 29.4 Å². The first kappa shape index (κ1) is 15.6. The van der Waals surface area contributed by atoms with Crippen molar-refractivity contribution in [3.05, 3.63) is 40.7 Å². The normalized spacial score (nSPS) is 18.1. The van der Waals surface area contributed by atoms with E-state index in [9.17, 15) is 14.0 Å². The Hall–Kier alpha value is -2.24. The van der Waals surface area contributed by atoms with Gasteiger partial charge in [-0.2, -0.15) is 0 Å².